The van der Waals surface area contributed by atoms with Crippen LogP contribution in [0.15, 0.2) is 53.4 Å². The molecule has 2 aromatic carbocycles. The summed E-state index contributed by atoms with van der Waals surface area (Å²) in [4.78, 5) is 0.322. The molecule has 21 heavy (non-hydrogen) atoms. The number of hydrogen-bond donors (Lipinski definition) is 1. The van der Waals surface area contributed by atoms with E-state index < -0.39 is 10.0 Å². The van der Waals surface area contributed by atoms with Crippen LogP contribution in [0.3, 0.4) is 0 Å². The van der Waals surface area contributed by atoms with Crippen LogP contribution >= 0.6 is 15.9 Å². The van der Waals surface area contributed by atoms with Gasteiger partial charge in [0.25, 0.3) is 0 Å². The molecule has 0 saturated heterocycles. The maximum Gasteiger partial charge on any atom is 0.240 e. The van der Waals surface area contributed by atoms with Gasteiger partial charge in [0, 0.05) is 11.4 Å². The van der Waals surface area contributed by atoms with Crippen LogP contribution < -0.4 is 4.72 Å². The molecule has 0 aliphatic heterocycles. The number of benzene rings is 2. The summed E-state index contributed by atoms with van der Waals surface area (Å²) in [6.07, 6.45) is 1.52. The summed E-state index contributed by atoms with van der Waals surface area (Å²) in [5.41, 5.74) is 3.53. The summed E-state index contributed by atoms with van der Waals surface area (Å²) >= 11 is 3.35. The Morgan fingerprint density at radius 1 is 1.00 bits per heavy atom. The van der Waals surface area contributed by atoms with Gasteiger partial charge in [-0.25, -0.2) is 13.1 Å². The third-order valence-corrected chi connectivity index (χ3v) is 5.94. The number of halogens is 1. The molecule has 0 radical (unpaired) electrons. The number of rotatable bonds is 4. The van der Waals surface area contributed by atoms with Crippen LogP contribution in [-0.4, -0.2) is 14.5 Å². The van der Waals surface area contributed by atoms with Crippen molar-refractivity contribution in [2.24, 2.45) is 0 Å². The van der Waals surface area contributed by atoms with Crippen molar-refractivity contribution < 1.29 is 8.42 Å². The highest BCUT2D eigenvalue weighted by molar-refractivity contribution is 9.08. The average molecular weight is 366 g/mol. The minimum Gasteiger partial charge on any atom is -0.207 e. The topological polar surface area (TPSA) is 46.2 Å². The van der Waals surface area contributed by atoms with Crippen molar-refractivity contribution in [3.8, 4) is 0 Å². The minimum absolute atomic E-state index is 0.0525. The SMILES string of the molecule is O=S(=O)(NC1Cc2ccccc2C1)c1ccc(CBr)cc1. The lowest BCUT2D eigenvalue weighted by molar-refractivity contribution is 0.555. The van der Waals surface area contributed by atoms with E-state index in [-0.39, 0.29) is 6.04 Å². The molecule has 0 atom stereocenters. The molecule has 5 heteroatoms. The maximum atomic E-state index is 12.4. The molecule has 0 saturated carbocycles. The second-order valence-corrected chi connectivity index (χ2v) is 7.55. The van der Waals surface area contributed by atoms with E-state index in [2.05, 4.69) is 32.8 Å². The lowest BCUT2D eigenvalue weighted by Crippen LogP contribution is -2.35. The number of hydrogen-bond acceptors (Lipinski definition) is 2. The minimum atomic E-state index is -3.45. The van der Waals surface area contributed by atoms with Crippen molar-refractivity contribution in [2.75, 3.05) is 0 Å². The molecule has 1 N–H and O–H groups in total. The van der Waals surface area contributed by atoms with E-state index in [0.717, 1.165) is 23.7 Å². The maximum absolute atomic E-state index is 12.4. The Morgan fingerprint density at radius 2 is 1.57 bits per heavy atom. The van der Waals surface area contributed by atoms with Crippen molar-refractivity contribution >= 4 is 26.0 Å². The predicted molar refractivity (Wildman–Crippen MR) is 87.0 cm³/mol. The van der Waals surface area contributed by atoms with Gasteiger partial charge in [0.2, 0.25) is 10.0 Å². The zero-order chi connectivity index (χ0) is 14.9. The molecular weight excluding hydrogens is 350 g/mol. The van der Waals surface area contributed by atoms with Gasteiger partial charge in [-0.05, 0) is 41.7 Å². The van der Waals surface area contributed by atoms with Crippen molar-refractivity contribution in [1.82, 2.24) is 4.72 Å². The first-order valence-corrected chi connectivity index (χ1v) is 9.43. The molecule has 0 heterocycles. The Balaban J connectivity index is 1.75. The predicted octanol–water partition coefficient (Wildman–Crippen LogP) is 3.03. The van der Waals surface area contributed by atoms with Crippen LogP contribution in [-0.2, 0) is 28.2 Å². The fourth-order valence-electron chi connectivity index (χ4n) is 2.69. The summed E-state index contributed by atoms with van der Waals surface area (Å²) in [6.45, 7) is 0. The Hall–Kier alpha value is -1.17. The summed E-state index contributed by atoms with van der Waals surface area (Å²) < 4.78 is 27.6. The van der Waals surface area contributed by atoms with Crippen molar-refractivity contribution in [3.05, 3.63) is 65.2 Å². The highest BCUT2D eigenvalue weighted by Crippen LogP contribution is 2.23. The van der Waals surface area contributed by atoms with Crippen LogP contribution in [0.25, 0.3) is 0 Å². The van der Waals surface area contributed by atoms with E-state index in [1.165, 1.54) is 11.1 Å². The zero-order valence-electron chi connectivity index (χ0n) is 11.4. The number of nitrogens with one attached hydrogen (secondary N) is 1. The smallest absolute Gasteiger partial charge is 0.207 e. The molecule has 0 amide bonds. The van der Waals surface area contributed by atoms with Gasteiger partial charge in [-0.3, -0.25) is 0 Å². The lowest BCUT2D eigenvalue weighted by Gasteiger charge is -2.13. The Morgan fingerprint density at radius 3 is 2.10 bits per heavy atom. The van der Waals surface area contributed by atoms with Crippen LogP contribution in [0.1, 0.15) is 16.7 Å². The average Bonchev–Trinajstić information content (AvgIpc) is 2.88. The fourth-order valence-corrected chi connectivity index (χ4v) is 4.30. The van der Waals surface area contributed by atoms with Gasteiger partial charge >= 0.3 is 0 Å². The molecule has 0 unspecified atom stereocenters. The Labute approximate surface area is 133 Å². The molecule has 1 aliphatic rings. The lowest BCUT2D eigenvalue weighted by atomic mass is 10.1. The second kappa shape index (κ2) is 5.91. The van der Waals surface area contributed by atoms with Crippen LogP contribution in [0.4, 0.5) is 0 Å². The van der Waals surface area contributed by atoms with Gasteiger partial charge in [-0.15, -0.1) is 0 Å². The number of alkyl halides is 1. The van der Waals surface area contributed by atoms with Gasteiger partial charge < -0.3 is 0 Å². The third-order valence-electron chi connectivity index (χ3n) is 3.76. The van der Waals surface area contributed by atoms with E-state index in [0.29, 0.717) is 4.90 Å². The first-order chi connectivity index (χ1) is 10.1. The molecule has 110 valence electrons. The van der Waals surface area contributed by atoms with Gasteiger partial charge in [0.05, 0.1) is 4.90 Å². The molecular formula is C16H16BrNO2S. The standard InChI is InChI=1S/C16H16BrNO2S/c17-11-12-5-7-16(8-6-12)21(19,20)18-15-9-13-3-1-2-4-14(13)10-15/h1-8,15,18H,9-11H2. The molecule has 0 bridgehead atoms. The van der Waals surface area contributed by atoms with Crippen LogP contribution in [0, 0.1) is 0 Å². The van der Waals surface area contributed by atoms with Gasteiger partial charge in [0.1, 0.15) is 0 Å². The van der Waals surface area contributed by atoms with Crippen LogP contribution in [0.2, 0.25) is 0 Å². The van der Waals surface area contributed by atoms with E-state index in [4.69, 9.17) is 0 Å². The molecule has 2 aromatic rings. The van der Waals surface area contributed by atoms with E-state index >= 15 is 0 Å². The molecule has 0 fully saturated rings. The van der Waals surface area contributed by atoms with E-state index in [1.54, 1.807) is 12.1 Å². The zero-order valence-corrected chi connectivity index (χ0v) is 13.8. The largest absolute Gasteiger partial charge is 0.240 e. The molecule has 0 spiro atoms. The first kappa shape index (κ1) is 14.8. The van der Waals surface area contributed by atoms with E-state index in [9.17, 15) is 8.42 Å². The quantitative estimate of drug-likeness (QED) is 0.846. The van der Waals surface area contributed by atoms with Gasteiger partial charge in [-0.1, -0.05) is 52.3 Å². The first-order valence-electron chi connectivity index (χ1n) is 6.82. The molecule has 3 rings (SSSR count). The van der Waals surface area contributed by atoms with Crippen LogP contribution in [0.5, 0.6) is 0 Å². The number of fused-ring (bicyclic) bond motifs is 1. The van der Waals surface area contributed by atoms with Crippen molar-refractivity contribution in [2.45, 2.75) is 29.1 Å². The Kier molecular flexibility index (Phi) is 4.15. The highest BCUT2D eigenvalue weighted by atomic mass is 79.9. The van der Waals surface area contributed by atoms with E-state index in [1.807, 2.05) is 24.3 Å². The Bertz CT molecular complexity index is 716. The van der Waals surface area contributed by atoms with Gasteiger partial charge in [0.15, 0.2) is 0 Å². The monoisotopic (exact) mass is 365 g/mol. The number of sulfonamides is 1. The van der Waals surface area contributed by atoms with Crippen molar-refractivity contribution in [1.29, 1.82) is 0 Å². The third kappa shape index (κ3) is 3.20. The van der Waals surface area contributed by atoms with Gasteiger partial charge in [-0.2, -0.15) is 0 Å². The summed E-state index contributed by atoms with van der Waals surface area (Å²) in [5, 5.41) is 0.721. The highest BCUT2D eigenvalue weighted by Gasteiger charge is 2.26. The second-order valence-electron chi connectivity index (χ2n) is 5.27. The molecule has 1 aliphatic carbocycles. The fraction of sp³-hybridized carbons (Fsp3) is 0.250. The van der Waals surface area contributed by atoms with Crippen molar-refractivity contribution in [3.63, 3.8) is 0 Å². The summed E-state index contributed by atoms with van der Waals surface area (Å²) in [6, 6.07) is 15.0. The summed E-state index contributed by atoms with van der Waals surface area (Å²) in [7, 11) is -3.45. The molecule has 0 aromatic heterocycles. The summed E-state index contributed by atoms with van der Waals surface area (Å²) in [5.74, 6) is 0. The normalized spacial score (nSPS) is 15.1. The molecule has 3 nitrogen and oxygen atoms in total.